The molecular weight excluding hydrogens is 726 g/mol. The van der Waals surface area contributed by atoms with Crippen LogP contribution < -0.4 is 16.8 Å². The number of Topliss-reactive ketones (excluding diaryl/α,β-unsaturated/α-hetero) is 2. The number of nitrogens with two attached hydrogens (primary N) is 2. The van der Waals surface area contributed by atoms with Crippen LogP contribution in [0.4, 0.5) is 0 Å². The molecule has 310 valence electrons. The van der Waals surface area contributed by atoms with Crippen molar-refractivity contribution in [2.75, 3.05) is 26.4 Å². The number of ketones is 2. The van der Waals surface area contributed by atoms with Gasteiger partial charge in [-0.2, -0.15) is 9.98 Å². The van der Waals surface area contributed by atoms with Crippen LogP contribution in [0, 0.1) is 41.4 Å². The van der Waals surface area contributed by atoms with E-state index >= 15 is 0 Å². The Morgan fingerprint density at radius 3 is 2.38 bits per heavy atom. The molecule has 0 spiro atoms. The Morgan fingerprint density at radius 2 is 1.61 bits per heavy atom. The number of piperidine rings is 1. The second-order valence-corrected chi connectivity index (χ2v) is 17.5. The summed E-state index contributed by atoms with van der Waals surface area (Å²) in [4.78, 5) is 55.8. The Kier molecular flexibility index (Phi) is 12.1. The van der Waals surface area contributed by atoms with Gasteiger partial charge >= 0.3 is 5.91 Å². The molecule has 6 fully saturated rings. The standard InChI is InChI=1S/C39H59N7O10/c40-26-13-18(9-11-42-26)10-12-54-35-33(52)31(50)25(16-47)55-38(35)56-34-20(15-23-27(32(34)51)30(49)22-7-3-2-6-21(22)29(23)48)14-19-5-1-4-8-24(19)46-17-43-28-36(46)44-39(41)45-37(28)53/h18-27,31-35,38,42,47,50-52H,1-17,40H2,(H2,41,45,53). The summed E-state index contributed by atoms with van der Waals surface area (Å²) in [6.07, 6.45) is 0.714. The molecule has 8 rings (SSSR count). The van der Waals surface area contributed by atoms with E-state index in [0.717, 1.165) is 57.9 Å². The van der Waals surface area contributed by atoms with E-state index in [1.165, 1.54) is 0 Å². The first-order valence-electron chi connectivity index (χ1n) is 21.0. The van der Waals surface area contributed by atoms with Crippen molar-refractivity contribution in [1.29, 1.82) is 0 Å². The lowest BCUT2D eigenvalue weighted by Gasteiger charge is -2.52. The number of amides is 1. The number of ether oxygens (including phenoxy) is 3. The van der Waals surface area contributed by atoms with Gasteiger partial charge < -0.3 is 56.3 Å². The van der Waals surface area contributed by atoms with Gasteiger partial charge in [-0.1, -0.05) is 25.7 Å². The number of carbonyl (C=O) groups is 3. The second-order valence-electron chi connectivity index (χ2n) is 17.5. The van der Waals surface area contributed by atoms with Crippen molar-refractivity contribution in [1.82, 2.24) is 10.2 Å². The van der Waals surface area contributed by atoms with Gasteiger partial charge in [0.15, 0.2) is 17.8 Å². The first-order valence-corrected chi connectivity index (χ1v) is 21.0. The Hall–Kier alpha value is -2.74. The maximum atomic E-state index is 14.3. The van der Waals surface area contributed by atoms with Gasteiger partial charge in [-0.25, -0.2) is 0 Å². The summed E-state index contributed by atoms with van der Waals surface area (Å²) in [5, 5.41) is 48.1. The Morgan fingerprint density at radius 1 is 0.857 bits per heavy atom. The van der Waals surface area contributed by atoms with Gasteiger partial charge in [-0.3, -0.25) is 19.4 Å². The maximum Gasteiger partial charge on any atom is 0.302 e. The predicted octanol–water partition coefficient (Wildman–Crippen LogP) is -0.642. The highest BCUT2D eigenvalue weighted by molar-refractivity contribution is 6.69. The molecule has 8 aliphatic rings. The lowest BCUT2D eigenvalue weighted by atomic mass is 9.55. The van der Waals surface area contributed by atoms with E-state index in [4.69, 9.17) is 25.7 Å². The van der Waals surface area contributed by atoms with E-state index in [9.17, 15) is 34.8 Å². The SMILES string of the molecule is NC1=NC(=O)C2=NCN(C3CCCCC3CC3CC4C(=O)C5CCCCC5C(=O)C4C(O)C3OC3OC(CO)C(O)C(O)C3OCCC3CCNC(N)C3)C2=N1. The smallest absolute Gasteiger partial charge is 0.302 e. The number of hydrogen-bond acceptors (Lipinski definition) is 16. The Labute approximate surface area is 326 Å². The lowest BCUT2D eigenvalue weighted by Crippen LogP contribution is -2.64. The monoisotopic (exact) mass is 785 g/mol. The third-order valence-electron chi connectivity index (χ3n) is 14.2. The molecule has 0 aromatic rings. The number of hydrogen-bond donors (Lipinski definition) is 7. The zero-order chi connectivity index (χ0) is 39.2. The van der Waals surface area contributed by atoms with Gasteiger partial charge in [0.2, 0.25) is 5.96 Å². The van der Waals surface area contributed by atoms with E-state index in [1.54, 1.807) is 0 Å². The number of nitrogens with zero attached hydrogens (tertiary/aromatic N) is 4. The maximum absolute atomic E-state index is 14.3. The average molecular weight is 786 g/mol. The minimum absolute atomic E-state index is 0.0149. The molecule has 16 atom stereocenters. The number of amidine groups is 1. The first-order chi connectivity index (χ1) is 27.0. The van der Waals surface area contributed by atoms with Gasteiger partial charge in [0.05, 0.1) is 30.9 Å². The van der Waals surface area contributed by atoms with Crippen LogP contribution in [0.2, 0.25) is 0 Å². The largest absolute Gasteiger partial charge is 0.394 e. The number of fused-ring (bicyclic) bond motifs is 3. The minimum atomic E-state index is -1.48. The molecule has 17 heteroatoms. The molecule has 4 aliphatic carbocycles. The van der Waals surface area contributed by atoms with Gasteiger partial charge in [0, 0.05) is 30.4 Å². The van der Waals surface area contributed by atoms with Crippen molar-refractivity contribution in [2.45, 2.75) is 139 Å². The van der Waals surface area contributed by atoms with Gasteiger partial charge in [0.1, 0.15) is 42.7 Å². The van der Waals surface area contributed by atoms with Crippen LogP contribution in [0.25, 0.3) is 0 Å². The average Bonchev–Trinajstić information content (AvgIpc) is 3.61. The van der Waals surface area contributed by atoms with Crippen LogP contribution in [-0.4, -0.2) is 142 Å². The summed E-state index contributed by atoms with van der Waals surface area (Å²) in [6, 6.07) is -0.0785. The fraction of sp³-hybridized carbons (Fsp3) is 0.846. The van der Waals surface area contributed by atoms with E-state index in [1.807, 2.05) is 4.90 Å². The zero-order valence-electron chi connectivity index (χ0n) is 31.9. The van der Waals surface area contributed by atoms with E-state index < -0.39 is 79.1 Å². The molecule has 4 heterocycles. The summed E-state index contributed by atoms with van der Waals surface area (Å²) in [5.41, 5.74) is 12.2. The summed E-state index contributed by atoms with van der Waals surface area (Å²) >= 11 is 0. The van der Waals surface area contributed by atoms with Crippen molar-refractivity contribution < 1.29 is 49.0 Å². The third kappa shape index (κ3) is 7.63. The Bertz CT molecular complexity index is 1590. The number of guanidine groups is 1. The van der Waals surface area contributed by atoms with Crippen molar-refractivity contribution in [2.24, 2.45) is 67.9 Å². The second kappa shape index (κ2) is 16.9. The molecule has 0 bridgehead atoms. The fourth-order valence-electron chi connectivity index (χ4n) is 11.4. The molecule has 16 unspecified atom stereocenters. The molecule has 1 amide bonds. The summed E-state index contributed by atoms with van der Waals surface area (Å²) in [6.45, 7) is 0.652. The molecule has 9 N–H and O–H groups in total. The van der Waals surface area contributed by atoms with Crippen LogP contribution >= 0.6 is 0 Å². The Balaban J connectivity index is 1.08. The fourth-order valence-corrected chi connectivity index (χ4v) is 11.4. The third-order valence-corrected chi connectivity index (χ3v) is 14.2. The number of rotatable bonds is 10. The summed E-state index contributed by atoms with van der Waals surface area (Å²) in [7, 11) is 0. The number of aliphatic hydroxyl groups is 4. The summed E-state index contributed by atoms with van der Waals surface area (Å²) in [5.74, 6) is -2.73. The van der Waals surface area contributed by atoms with Gasteiger partial charge in [-0.15, -0.1) is 0 Å². The minimum Gasteiger partial charge on any atom is -0.394 e. The van der Waals surface area contributed by atoms with Gasteiger partial charge in [-0.05, 0) is 82.1 Å². The van der Waals surface area contributed by atoms with Crippen molar-refractivity contribution in [3.05, 3.63) is 0 Å². The molecule has 17 nitrogen and oxygen atoms in total. The van der Waals surface area contributed by atoms with Gasteiger partial charge in [0.25, 0.3) is 0 Å². The molecule has 56 heavy (non-hydrogen) atoms. The molecule has 4 aliphatic heterocycles. The molecule has 0 aromatic heterocycles. The number of carbonyl (C=O) groups excluding carboxylic acids is 3. The number of aliphatic hydroxyl groups excluding tert-OH is 4. The highest BCUT2D eigenvalue weighted by atomic mass is 16.7. The molecule has 4 saturated carbocycles. The molecule has 0 aromatic carbocycles. The van der Waals surface area contributed by atoms with Crippen molar-refractivity contribution in [3.8, 4) is 0 Å². The van der Waals surface area contributed by atoms with E-state index in [-0.39, 0.29) is 60.6 Å². The highest BCUT2D eigenvalue weighted by Gasteiger charge is 2.59. The molecule has 0 radical (unpaired) electrons. The zero-order valence-corrected chi connectivity index (χ0v) is 31.9. The first kappa shape index (κ1) is 40.1. The molecular formula is C39H59N7O10. The summed E-state index contributed by atoms with van der Waals surface area (Å²) < 4.78 is 19.1. The van der Waals surface area contributed by atoms with Crippen LogP contribution in [0.1, 0.15) is 83.5 Å². The molecule has 2 saturated heterocycles. The van der Waals surface area contributed by atoms with Crippen LogP contribution in [-0.2, 0) is 28.6 Å². The van der Waals surface area contributed by atoms with Crippen molar-refractivity contribution in [3.63, 3.8) is 0 Å². The highest BCUT2D eigenvalue weighted by Crippen LogP contribution is 2.51. The quantitative estimate of drug-likeness (QED) is 0.136. The van der Waals surface area contributed by atoms with Crippen LogP contribution in [0.5, 0.6) is 0 Å². The predicted molar refractivity (Wildman–Crippen MR) is 201 cm³/mol. The normalized spacial score (nSPS) is 44.3. The van der Waals surface area contributed by atoms with Crippen LogP contribution in [0.15, 0.2) is 15.0 Å². The lowest BCUT2D eigenvalue weighted by molar-refractivity contribution is -0.333. The van der Waals surface area contributed by atoms with E-state index in [2.05, 4.69) is 20.3 Å². The topological polar surface area (TPSA) is 264 Å². The van der Waals surface area contributed by atoms with Crippen LogP contribution in [0.3, 0.4) is 0 Å². The van der Waals surface area contributed by atoms with E-state index in [0.29, 0.717) is 43.9 Å². The van der Waals surface area contributed by atoms with Crippen molar-refractivity contribution >= 4 is 35.0 Å². The number of nitrogens with one attached hydrogen (secondary N) is 1. The number of aliphatic imine (C=N–C) groups is 3.